The maximum atomic E-state index is 12.4. The molecule has 1 aromatic carbocycles. The van der Waals surface area contributed by atoms with Gasteiger partial charge in [-0.15, -0.1) is 21.5 Å². The largest absolute Gasteiger partial charge is 0.420 e. The Kier molecular flexibility index (Phi) is 3.90. The van der Waals surface area contributed by atoms with Crippen molar-refractivity contribution < 1.29 is 12.8 Å². The standard InChI is InChI=1S/C13H10ClN3O3S2/c1-8-15-16-13(20-8)11-6-7-12(21-11)22(18,19)17-10-5-3-2-4-9(10)14/h2-7,17H,1H3. The topological polar surface area (TPSA) is 85.1 Å². The number of rotatable bonds is 4. The van der Waals surface area contributed by atoms with E-state index in [1.807, 2.05) is 0 Å². The molecule has 0 unspecified atom stereocenters. The van der Waals surface area contributed by atoms with Gasteiger partial charge in [-0.05, 0) is 24.3 Å². The molecule has 3 aromatic rings. The van der Waals surface area contributed by atoms with Crippen LogP contribution in [0, 0.1) is 6.92 Å². The fourth-order valence-electron chi connectivity index (χ4n) is 1.71. The highest BCUT2D eigenvalue weighted by molar-refractivity contribution is 7.94. The minimum absolute atomic E-state index is 0.137. The Morgan fingerprint density at radius 1 is 1.18 bits per heavy atom. The van der Waals surface area contributed by atoms with Gasteiger partial charge in [0, 0.05) is 6.92 Å². The van der Waals surface area contributed by atoms with Gasteiger partial charge in [0.1, 0.15) is 4.21 Å². The average molecular weight is 356 g/mol. The van der Waals surface area contributed by atoms with Crippen LogP contribution in [0.25, 0.3) is 10.8 Å². The van der Waals surface area contributed by atoms with E-state index in [2.05, 4.69) is 14.9 Å². The maximum absolute atomic E-state index is 12.4. The lowest BCUT2D eigenvalue weighted by Crippen LogP contribution is -2.11. The zero-order chi connectivity index (χ0) is 15.7. The molecule has 1 N–H and O–H groups in total. The fourth-order valence-corrected chi connectivity index (χ4v) is 4.26. The number of nitrogens with one attached hydrogen (secondary N) is 1. The maximum Gasteiger partial charge on any atom is 0.271 e. The van der Waals surface area contributed by atoms with Crippen LogP contribution in [0.1, 0.15) is 5.89 Å². The molecule has 0 aliphatic rings. The molecule has 0 aliphatic carbocycles. The number of sulfonamides is 1. The number of para-hydroxylation sites is 1. The zero-order valence-corrected chi connectivity index (χ0v) is 13.7. The summed E-state index contributed by atoms with van der Waals surface area (Å²) >= 11 is 7.01. The van der Waals surface area contributed by atoms with E-state index in [4.69, 9.17) is 16.0 Å². The molecule has 0 spiro atoms. The van der Waals surface area contributed by atoms with Crippen molar-refractivity contribution in [3.05, 3.63) is 47.3 Å². The van der Waals surface area contributed by atoms with Crippen molar-refractivity contribution in [2.24, 2.45) is 0 Å². The molecule has 2 heterocycles. The van der Waals surface area contributed by atoms with E-state index < -0.39 is 10.0 Å². The zero-order valence-electron chi connectivity index (χ0n) is 11.3. The Labute approximate surface area is 135 Å². The van der Waals surface area contributed by atoms with Crippen molar-refractivity contribution in [1.29, 1.82) is 0 Å². The highest BCUT2D eigenvalue weighted by Crippen LogP contribution is 2.32. The molecule has 0 saturated heterocycles. The first-order chi connectivity index (χ1) is 10.5. The van der Waals surface area contributed by atoms with Gasteiger partial charge in [0.05, 0.1) is 15.6 Å². The molecule has 0 saturated carbocycles. The van der Waals surface area contributed by atoms with E-state index in [0.717, 1.165) is 11.3 Å². The predicted molar refractivity (Wildman–Crippen MR) is 84.6 cm³/mol. The van der Waals surface area contributed by atoms with E-state index in [-0.39, 0.29) is 4.21 Å². The lowest BCUT2D eigenvalue weighted by atomic mass is 10.3. The summed E-state index contributed by atoms with van der Waals surface area (Å²) in [7, 11) is -3.72. The van der Waals surface area contributed by atoms with Crippen LogP contribution in [0.5, 0.6) is 0 Å². The second kappa shape index (κ2) is 5.71. The van der Waals surface area contributed by atoms with Gasteiger partial charge in [0.25, 0.3) is 15.9 Å². The number of hydrogen-bond donors (Lipinski definition) is 1. The van der Waals surface area contributed by atoms with Gasteiger partial charge in [-0.25, -0.2) is 8.42 Å². The average Bonchev–Trinajstić information content (AvgIpc) is 3.10. The summed E-state index contributed by atoms with van der Waals surface area (Å²) in [5.74, 6) is 0.712. The van der Waals surface area contributed by atoms with Gasteiger partial charge in [0.15, 0.2) is 0 Å². The predicted octanol–water partition coefficient (Wildman–Crippen LogP) is 3.56. The molecule has 3 rings (SSSR count). The highest BCUT2D eigenvalue weighted by Gasteiger charge is 2.20. The van der Waals surface area contributed by atoms with E-state index in [1.54, 1.807) is 37.3 Å². The number of anilines is 1. The van der Waals surface area contributed by atoms with E-state index in [0.29, 0.717) is 27.4 Å². The first kappa shape index (κ1) is 15.0. The van der Waals surface area contributed by atoms with Crippen LogP contribution in [-0.4, -0.2) is 18.6 Å². The second-order valence-electron chi connectivity index (χ2n) is 4.33. The van der Waals surface area contributed by atoms with Gasteiger partial charge in [0.2, 0.25) is 5.89 Å². The molecule has 22 heavy (non-hydrogen) atoms. The summed E-state index contributed by atoms with van der Waals surface area (Å²) in [5.41, 5.74) is 0.327. The molecule has 2 aromatic heterocycles. The number of halogens is 1. The number of benzene rings is 1. The van der Waals surface area contributed by atoms with Gasteiger partial charge in [-0.2, -0.15) is 0 Å². The van der Waals surface area contributed by atoms with Crippen LogP contribution >= 0.6 is 22.9 Å². The molecular weight excluding hydrogens is 346 g/mol. The molecule has 0 bridgehead atoms. The van der Waals surface area contributed by atoms with Crippen molar-refractivity contribution >= 4 is 38.6 Å². The third-order valence-electron chi connectivity index (χ3n) is 2.70. The van der Waals surface area contributed by atoms with Crippen molar-refractivity contribution in [1.82, 2.24) is 10.2 Å². The summed E-state index contributed by atoms with van der Waals surface area (Å²) in [6.45, 7) is 1.67. The van der Waals surface area contributed by atoms with E-state index in [9.17, 15) is 8.42 Å². The lowest BCUT2D eigenvalue weighted by molar-refractivity contribution is 0.534. The van der Waals surface area contributed by atoms with Crippen molar-refractivity contribution in [3.63, 3.8) is 0 Å². The minimum Gasteiger partial charge on any atom is -0.420 e. The molecular formula is C13H10ClN3O3S2. The quantitative estimate of drug-likeness (QED) is 0.773. The smallest absolute Gasteiger partial charge is 0.271 e. The summed E-state index contributed by atoms with van der Waals surface area (Å²) in [6.07, 6.45) is 0. The Bertz CT molecular complexity index is 918. The molecule has 0 radical (unpaired) electrons. The first-order valence-corrected chi connectivity index (χ1v) is 8.81. The first-order valence-electron chi connectivity index (χ1n) is 6.13. The fraction of sp³-hybridized carbons (Fsp3) is 0.0769. The van der Waals surface area contributed by atoms with Crippen LogP contribution < -0.4 is 4.72 Å². The van der Waals surface area contributed by atoms with E-state index in [1.165, 1.54) is 6.07 Å². The Balaban J connectivity index is 1.90. The van der Waals surface area contributed by atoms with Crippen LogP contribution in [0.4, 0.5) is 5.69 Å². The highest BCUT2D eigenvalue weighted by atomic mass is 35.5. The molecule has 0 amide bonds. The monoisotopic (exact) mass is 355 g/mol. The Morgan fingerprint density at radius 3 is 2.64 bits per heavy atom. The van der Waals surface area contributed by atoms with E-state index >= 15 is 0 Å². The van der Waals surface area contributed by atoms with Gasteiger partial charge in [-0.1, -0.05) is 23.7 Å². The number of nitrogens with zero attached hydrogens (tertiary/aromatic N) is 2. The second-order valence-corrected chi connectivity index (χ2v) is 7.73. The normalized spacial score (nSPS) is 11.5. The van der Waals surface area contributed by atoms with Gasteiger partial charge in [-0.3, -0.25) is 4.72 Å². The molecule has 6 nitrogen and oxygen atoms in total. The number of thiophene rings is 1. The van der Waals surface area contributed by atoms with Crippen LogP contribution in [0.15, 0.2) is 45.0 Å². The van der Waals surface area contributed by atoms with Crippen molar-refractivity contribution in [3.8, 4) is 10.8 Å². The summed E-state index contributed by atoms with van der Waals surface area (Å²) in [6, 6.07) is 9.74. The third-order valence-corrected chi connectivity index (χ3v) is 5.96. The number of aromatic nitrogens is 2. The van der Waals surface area contributed by atoms with Crippen molar-refractivity contribution in [2.75, 3.05) is 4.72 Å². The molecule has 0 fully saturated rings. The van der Waals surface area contributed by atoms with Crippen LogP contribution in [-0.2, 0) is 10.0 Å². The van der Waals surface area contributed by atoms with Gasteiger partial charge < -0.3 is 4.42 Å². The van der Waals surface area contributed by atoms with Crippen molar-refractivity contribution in [2.45, 2.75) is 11.1 Å². The SMILES string of the molecule is Cc1nnc(-c2ccc(S(=O)(=O)Nc3ccccc3Cl)s2)o1. The molecule has 0 aliphatic heterocycles. The summed E-state index contributed by atoms with van der Waals surface area (Å²) in [4.78, 5) is 0.583. The molecule has 114 valence electrons. The number of aryl methyl sites for hydroxylation is 1. The third kappa shape index (κ3) is 2.99. The lowest BCUT2D eigenvalue weighted by Gasteiger charge is -2.07. The Morgan fingerprint density at radius 2 is 1.95 bits per heavy atom. The number of hydrogen-bond acceptors (Lipinski definition) is 6. The summed E-state index contributed by atoms with van der Waals surface area (Å²) < 4.78 is 32.6. The van der Waals surface area contributed by atoms with Gasteiger partial charge >= 0.3 is 0 Å². The van der Waals surface area contributed by atoms with Crippen LogP contribution in [0.3, 0.4) is 0 Å². The molecule has 0 atom stereocenters. The minimum atomic E-state index is -3.72. The summed E-state index contributed by atoms with van der Waals surface area (Å²) in [5, 5.41) is 7.92. The van der Waals surface area contributed by atoms with Crippen LogP contribution in [0.2, 0.25) is 5.02 Å². The molecule has 9 heteroatoms. The Hall–Kier alpha value is -1.90.